The van der Waals surface area contributed by atoms with E-state index in [1.54, 1.807) is 0 Å². The molecule has 0 unspecified atom stereocenters. The number of carboxylic acids is 1. The van der Waals surface area contributed by atoms with Crippen molar-refractivity contribution in [2.45, 2.75) is 32.6 Å². The summed E-state index contributed by atoms with van der Waals surface area (Å²) < 4.78 is 5.25. The third kappa shape index (κ3) is 2.21. The fourth-order valence-electron chi connectivity index (χ4n) is 1.24. The minimum Gasteiger partial charge on any atom is -0.481 e. The van der Waals surface area contributed by atoms with Gasteiger partial charge in [-0.2, -0.15) is 0 Å². The summed E-state index contributed by atoms with van der Waals surface area (Å²) >= 11 is 0. The van der Waals surface area contributed by atoms with Crippen molar-refractivity contribution in [3.63, 3.8) is 0 Å². The first-order chi connectivity index (χ1) is 5.71. The highest BCUT2D eigenvalue weighted by molar-refractivity contribution is 5.77. The van der Waals surface area contributed by atoms with Crippen molar-refractivity contribution in [3.05, 3.63) is 0 Å². The van der Waals surface area contributed by atoms with E-state index in [4.69, 9.17) is 9.84 Å². The van der Waals surface area contributed by atoms with Crippen LogP contribution in [0, 0.1) is 5.41 Å². The van der Waals surface area contributed by atoms with Gasteiger partial charge in [0.15, 0.2) is 0 Å². The maximum atomic E-state index is 10.7. The lowest BCUT2D eigenvalue weighted by molar-refractivity contribution is -0.144. The number of hydrogen-bond acceptors (Lipinski definition) is 2. The summed E-state index contributed by atoms with van der Waals surface area (Å²) in [5.74, 6) is -0.650. The number of carbonyl (C=O) groups is 1. The summed E-state index contributed by atoms with van der Waals surface area (Å²) in [6, 6.07) is 0. The standard InChI is InChI=1S/C9H16O3/c1-2-6-12-7-5-9(3-4-9)8(10)11/h2-7H2,1H3,(H,10,11). The molecule has 0 aromatic rings. The molecule has 1 fully saturated rings. The predicted octanol–water partition coefficient (Wildman–Crippen LogP) is 1.67. The lowest BCUT2D eigenvalue weighted by atomic mass is 10.0. The Bertz CT molecular complexity index is 161. The summed E-state index contributed by atoms with van der Waals surface area (Å²) in [5, 5.41) is 8.80. The van der Waals surface area contributed by atoms with Crippen molar-refractivity contribution in [1.82, 2.24) is 0 Å². The summed E-state index contributed by atoms with van der Waals surface area (Å²) in [5.41, 5.74) is -0.409. The maximum Gasteiger partial charge on any atom is 0.309 e. The van der Waals surface area contributed by atoms with Crippen LogP contribution in [-0.2, 0) is 9.53 Å². The third-order valence-corrected chi connectivity index (χ3v) is 2.38. The van der Waals surface area contributed by atoms with E-state index >= 15 is 0 Å². The Labute approximate surface area is 72.7 Å². The van der Waals surface area contributed by atoms with Gasteiger partial charge in [-0.25, -0.2) is 0 Å². The minimum atomic E-state index is -0.650. The van der Waals surface area contributed by atoms with Gasteiger partial charge in [-0.15, -0.1) is 0 Å². The number of carboxylic acid groups (broad SMARTS) is 1. The van der Waals surface area contributed by atoms with Crippen LogP contribution in [0.15, 0.2) is 0 Å². The van der Waals surface area contributed by atoms with Gasteiger partial charge in [0.2, 0.25) is 0 Å². The molecule has 0 aromatic heterocycles. The molecule has 0 heterocycles. The van der Waals surface area contributed by atoms with E-state index in [0.29, 0.717) is 13.0 Å². The molecule has 0 aromatic carbocycles. The van der Waals surface area contributed by atoms with Gasteiger partial charge in [-0.05, 0) is 25.7 Å². The van der Waals surface area contributed by atoms with E-state index in [0.717, 1.165) is 25.9 Å². The van der Waals surface area contributed by atoms with Crippen LogP contribution in [0.25, 0.3) is 0 Å². The zero-order valence-electron chi connectivity index (χ0n) is 7.51. The number of hydrogen-bond donors (Lipinski definition) is 1. The normalized spacial score (nSPS) is 19.1. The molecular weight excluding hydrogens is 156 g/mol. The van der Waals surface area contributed by atoms with Crippen molar-refractivity contribution < 1.29 is 14.6 Å². The molecule has 12 heavy (non-hydrogen) atoms. The van der Waals surface area contributed by atoms with Gasteiger partial charge < -0.3 is 9.84 Å². The molecule has 0 spiro atoms. The molecule has 0 saturated heterocycles. The van der Waals surface area contributed by atoms with Crippen LogP contribution in [-0.4, -0.2) is 24.3 Å². The summed E-state index contributed by atoms with van der Waals surface area (Å²) in [7, 11) is 0. The predicted molar refractivity (Wildman–Crippen MR) is 45.0 cm³/mol. The van der Waals surface area contributed by atoms with Crippen molar-refractivity contribution in [2.75, 3.05) is 13.2 Å². The molecular formula is C9H16O3. The first-order valence-electron chi connectivity index (χ1n) is 4.52. The molecule has 1 aliphatic rings. The summed E-state index contributed by atoms with van der Waals surface area (Å²) in [6.45, 7) is 3.39. The Hall–Kier alpha value is -0.570. The summed E-state index contributed by atoms with van der Waals surface area (Å²) in [6.07, 6.45) is 3.35. The topological polar surface area (TPSA) is 46.5 Å². The zero-order chi connectivity index (χ0) is 9.03. The monoisotopic (exact) mass is 172 g/mol. The largest absolute Gasteiger partial charge is 0.481 e. The molecule has 0 aliphatic heterocycles. The Balaban J connectivity index is 2.10. The Morgan fingerprint density at radius 2 is 2.17 bits per heavy atom. The van der Waals surface area contributed by atoms with E-state index in [2.05, 4.69) is 0 Å². The maximum absolute atomic E-state index is 10.7. The molecule has 0 atom stereocenters. The third-order valence-electron chi connectivity index (χ3n) is 2.38. The molecule has 70 valence electrons. The first-order valence-corrected chi connectivity index (χ1v) is 4.52. The fourth-order valence-corrected chi connectivity index (χ4v) is 1.24. The second kappa shape index (κ2) is 3.90. The Morgan fingerprint density at radius 1 is 1.50 bits per heavy atom. The summed E-state index contributed by atoms with van der Waals surface area (Å²) in [4.78, 5) is 10.7. The SMILES string of the molecule is CCCOCCC1(C(=O)O)CC1. The van der Waals surface area contributed by atoms with Crippen molar-refractivity contribution in [1.29, 1.82) is 0 Å². The smallest absolute Gasteiger partial charge is 0.309 e. The van der Waals surface area contributed by atoms with Crippen molar-refractivity contribution in [3.8, 4) is 0 Å². The van der Waals surface area contributed by atoms with Crippen LogP contribution in [0.4, 0.5) is 0 Å². The fraction of sp³-hybridized carbons (Fsp3) is 0.889. The second-order valence-electron chi connectivity index (χ2n) is 3.45. The average molecular weight is 172 g/mol. The van der Waals surface area contributed by atoms with Gasteiger partial charge in [-0.3, -0.25) is 4.79 Å². The highest BCUT2D eigenvalue weighted by Crippen LogP contribution is 2.48. The molecule has 0 radical (unpaired) electrons. The average Bonchev–Trinajstić information content (AvgIpc) is 2.79. The molecule has 0 bridgehead atoms. The van der Waals surface area contributed by atoms with Gasteiger partial charge in [0.1, 0.15) is 0 Å². The molecule has 3 nitrogen and oxygen atoms in total. The number of aliphatic carboxylic acids is 1. The van der Waals surface area contributed by atoms with Crippen LogP contribution < -0.4 is 0 Å². The van der Waals surface area contributed by atoms with Gasteiger partial charge in [0.05, 0.1) is 5.41 Å². The van der Waals surface area contributed by atoms with Crippen LogP contribution >= 0.6 is 0 Å². The lowest BCUT2D eigenvalue weighted by Gasteiger charge is -2.08. The van der Waals surface area contributed by atoms with Gasteiger partial charge in [-0.1, -0.05) is 6.92 Å². The van der Waals surface area contributed by atoms with E-state index in [1.165, 1.54) is 0 Å². The van der Waals surface area contributed by atoms with Crippen LogP contribution in [0.1, 0.15) is 32.6 Å². The molecule has 3 heteroatoms. The van der Waals surface area contributed by atoms with Crippen LogP contribution in [0.3, 0.4) is 0 Å². The first kappa shape index (κ1) is 9.52. The molecule has 0 amide bonds. The van der Waals surface area contributed by atoms with Gasteiger partial charge in [0, 0.05) is 13.2 Å². The zero-order valence-corrected chi connectivity index (χ0v) is 7.51. The quantitative estimate of drug-likeness (QED) is 0.620. The van der Waals surface area contributed by atoms with E-state index in [9.17, 15) is 4.79 Å². The van der Waals surface area contributed by atoms with E-state index in [-0.39, 0.29) is 0 Å². The Kier molecular flexibility index (Phi) is 3.09. The molecule has 1 N–H and O–H groups in total. The highest BCUT2D eigenvalue weighted by atomic mass is 16.5. The van der Waals surface area contributed by atoms with Gasteiger partial charge >= 0.3 is 5.97 Å². The highest BCUT2D eigenvalue weighted by Gasteiger charge is 2.49. The molecule has 1 aliphatic carbocycles. The van der Waals surface area contributed by atoms with Crippen LogP contribution in [0.2, 0.25) is 0 Å². The second-order valence-corrected chi connectivity index (χ2v) is 3.45. The number of rotatable bonds is 6. The van der Waals surface area contributed by atoms with Crippen molar-refractivity contribution in [2.24, 2.45) is 5.41 Å². The molecule has 1 saturated carbocycles. The van der Waals surface area contributed by atoms with Crippen LogP contribution in [0.5, 0.6) is 0 Å². The number of ether oxygens (including phenoxy) is 1. The van der Waals surface area contributed by atoms with E-state index < -0.39 is 11.4 Å². The van der Waals surface area contributed by atoms with Crippen molar-refractivity contribution >= 4 is 5.97 Å². The van der Waals surface area contributed by atoms with Gasteiger partial charge in [0.25, 0.3) is 0 Å². The molecule has 1 rings (SSSR count). The lowest BCUT2D eigenvalue weighted by Crippen LogP contribution is -2.17. The minimum absolute atomic E-state index is 0.409. The van der Waals surface area contributed by atoms with E-state index in [1.807, 2.05) is 6.92 Å². The Morgan fingerprint density at radius 3 is 2.58 bits per heavy atom.